The summed E-state index contributed by atoms with van der Waals surface area (Å²) in [6, 6.07) is 15.3. The molecule has 0 aliphatic carbocycles. The van der Waals surface area contributed by atoms with E-state index in [0.29, 0.717) is 11.5 Å². The molecule has 28 heavy (non-hydrogen) atoms. The van der Waals surface area contributed by atoms with E-state index in [1.165, 1.54) is 11.6 Å². The van der Waals surface area contributed by atoms with Gasteiger partial charge in [0, 0.05) is 18.7 Å². The normalized spacial score (nSPS) is 17.9. The van der Waals surface area contributed by atoms with Gasteiger partial charge in [-0.1, -0.05) is 47.6 Å². The van der Waals surface area contributed by atoms with Crippen LogP contribution in [0.25, 0.3) is 11.4 Å². The molecule has 1 aliphatic rings. The fraction of sp³-hybridized carbons (Fsp3) is 0.333. The molecule has 0 bridgehead atoms. The topological polar surface area (TPSA) is 42.2 Å². The van der Waals surface area contributed by atoms with Crippen LogP contribution in [0.4, 0.5) is 13.2 Å². The number of halogens is 3. The van der Waals surface area contributed by atoms with Crippen LogP contribution in [-0.2, 0) is 12.6 Å². The largest absolute Gasteiger partial charge is 0.416 e. The van der Waals surface area contributed by atoms with Crippen molar-refractivity contribution in [1.82, 2.24) is 15.0 Å². The molecule has 0 amide bonds. The quantitative estimate of drug-likeness (QED) is 0.631. The number of hydrogen-bond donors (Lipinski definition) is 0. The minimum Gasteiger partial charge on any atom is -0.339 e. The zero-order valence-electron chi connectivity index (χ0n) is 15.2. The van der Waals surface area contributed by atoms with Crippen LogP contribution in [0, 0.1) is 0 Å². The Kier molecular flexibility index (Phi) is 5.17. The predicted octanol–water partition coefficient (Wildman–Crippen LogP) is 4.79. The van der Waals surface area contributed by atoms with Gasteiger partial charge in [-0.3, -0.25) is 0 Å². The summed E-state index contributed by atoms with van der Waals surface area (Å²) < 4.78 is 44.1. The zero-order chi connectivity index (χ0) is 19.6. The Morgan fingerprint density at radius 3 is 2.68 bits per heavy atom. The van der Waals surface area contributed by atoms with Crippen LogP contribution in [0.2, 0.25) is 0 Å². The van der Waals surface area contributed by atoms with Gasteiger partial charge in [0.15, 0.2) is 0 Å². The third-order valence-corrected chi connectivity index (χ3v) is 5.07. The highest BCUT2D eigenvalue weighted by Gasteiger charge is 2.31. The van der Waals surface area contributed by atoms with Crippen molar-refractivity contribution in [3.05, 3.63) is 71.6 Å². The molecule has 0 N–H and O–H groups in total. The van der Waals surface area contributed by atoms with Crippen molar-refractivity contribution in [3.8, 4) is 11.4 Å². The average Bonchev–Trinajstić information content (AvgIpc) is 3.36. The molecule has 7 heteroatoms. The first-order chi connectivity index (χ1) is 13.5. The summed E-state index contributed by atoms with van der Waals surface area (Å²) in [7, 11) is 0. The Morgan fingerprint density at radius 1 is 1.07 bits per heavy atom. The summed E-state index contributed by atoms with van der Waals surface area (Å²) >= 11 is 0. The second kappa shape index (κ2) is 7.75. The lowest BCUT2D eigenvalue weighted by Crippen LogP contribution is -2.23. The van der Waals surface area contributed by atoms with Gasteiger partial charge in [-0.15, -0.1) is 0 Å². The smallest absolute Gasteiger partial charge is 0.339 e. The van der Waals surface area contributed by atoms with Crippen LogP contribution < -0.4 is 0 Å². The minimum absolute atomic E-state index is 0.114. The van der Waals surface area contributed by atoms with E-state index in [9.17, 15) is 13.2 Å². The van der Waals surface area contributed by atoms with Gasteiger partial charge >= 0.3 is 6.18 Å². The Bertz CT molecular complexity index is 924. The molecular weight excluding hydrogens is 367 g/mol. The van der Waals surface area contributed by atoms with Gasteiger partial charge in [0.05, 0.1) is 11.5 Å². The molecule has 2 aromatic carbocycles. The molecule has 0 spiro atoms. The second-order valence-electron chi connectivity index (χ2n) is 7.06. The summed E-state index contributed by atoms with van der Waals surface area (Å²) in [5, 5.41) is 3.90. The highest BCUT2D eigenvalue weighted by molar-refractivity contribution is 5.55. The second-order valence-corrected chi connectivity index (χ2v) is 7.06. The number of benzene rings is 2. The molecule has 4 nitrogen and oxygen atoms in total. The standard InChI is InChI=1S/C21H20F3N3O/c22-21(23,24)18-8-4-7-16(13-18)19-25-20(28-26-19)17-10-12-27(14-17)11-9-15-5-2-1-3-6-15/h1-8,13,17H,9-12,14H2. The van der Waals surface area contributed by atoms with Gasteiger partial charge in [0.1, 0.15) is 0 Å². The molecule has 1 aliphatic heterocycles. The van der Waals surface area contributed by atoms with E-state index in [2.05, 4.69) is 27.2 Å². The molecule has 1 unspecified atom stereocenters. The minimum atomic E-state index is -4.40. The number of nitrogens with zero attached hydrogens (tertiary/aromatic N) is 3. The van der Waals surface area contributed by atoms with Gasteiger partial charge in [-0.2, -0.15) is 18.2 Å². The lowest BCUT2D eigenvalue weighted by Gasteiger charge is -2.14. The fourth-order valence-corrected chi connectivity index (χ4v) is 3.52. The van der Waals surface area contributed by atoms with Crippen LogP contribution in [0.15, 0.2) is 59.1 Å². The third kappa shape index (κ3) is 4.25. The maximum absolute atomic E-state index is 12.9. The molecular formula is C21H20F3N3O. The zero-order valence-corrected chi connectivity index (χ0v) is 15.2. The van der Waals surface area contributed by atoms with E-state index in [4.69, 9.17) is 4.52 Å². The lowest BCUT2D eigenvalue weighted by molar-refractivity contribution is -0.137. The van der Waals surface area contributed by atoms with Crippen molar-refractivity contribution in [3.63, 3.8) is 0 Å². The van der Waals surface area contributed by atoms with Crippen LogP contribution in [0.1, 0.15) is 29.4 Å². The molecule has 2 heterocycles. The molecule has 0 saturated carbocycles. The summed E-state index contributed by atoms with van der Waals surface area (Å²) in [5.41, 5.74) is 0.892. The van der Waals surface area contributed by atoms with Crippen LogP contribution in [-0.4, -0.2) is 34.7 Å². The first kappa shape index (κ1) is 18.7. The molecule has 3 aromatic rings. The van der Waals surface area contributed by atoms with E-state index in [0.717, 1.165) is 44.6 Å². The van der Waals surface area contributed by atoms with Crippen molar-refractivity contribution in [1.29, 1.82) is 0 Å². The highest BCUT2D eigenvalue weighted by Crippen LogP contribution is 2.32. The molecule has 1 fully saturated rings. The van der Waals surface area contributed by atoms with Gasteiger partial charge in [-0.25, -0.2) is 0 Å². The van der Waals surface area contributed by atoms with E-state index in [-0.39, 0.29) is 11.7 Å². The molecule has 4 rings (SSSR count). The van der Waals surface area contributed by atoms with Crippen LogP contribution in [0.3, 0.4) is 0 Å². The Balaban J connectivity index is 1.40. The number of aromatic nitrogens is 2. The van der Waals surface area contributed by atoms with E-state index in [1.807, 2.05) is 18.2 Å². The molecule has 1 atom stereocenters. The maximum Gasteiger partial charge on any atom is 0.416 e. The van der Waals surface area contributed by atoms with Crippen molar-refractivity contribution >= 4 is 0 Å². The Labute approximate surface area is 161 Å². The molecule has 0 radical (unpaired) electrons. The van der Waals surface area contributed by atoms with Crippen LogP contribution in [0.5, 0.6) is 0 Å². The molecule has 146 valence electrons. The van der Waals surface area contributed by atoms with Gasteiger partial charge in [0.2, 0.25) is 11.7 Å². The summed E-state index contributed by atoms with van der Waals surface area (Å²) in [6.45, 7) is 2.71. The van der Waals surface area contributed by atoms with E-state index >= 15 is 0 Å². The average molecular weight is 387 g/mol. The fourth-order valence-electron chi connectivity index (χ4n) is 3.52. The summed E-state index contributed by atoms with van der Waals surface area (Å²) in [4.78, 5) is 6.72. The predicted molar refractivity (Wildman–Crippen MR) is 98.7 cm³/mol. The lowest BCUT2D eigenvalue weighted by atomic mass is 10.1. The van der Waals surface area contributed by atoms with E-state index < -0.39 is 11.7 Å². The Hall–Kier alpha value is -2.67. The Morgan fingerprint density at radius 2 is 1.89 bits per heavy atom. The summed E-state index contributed by atoms with van der Waals surface area (Å²) in [5.74, 6) is 0.807. The molecule has 1 saturated heterocycles. The van der Waals surface area contributed by atoms with Crippen molar-refractivity contribution in [2.75, 3.05) is 19.6 Å². The number of rotatable bonds is 5. The van der Waals surface area contributed by atoms with Gasteiger partial charge in [0.25, 0.3) is 0 Å². The first-order valence-electron chi connectivity index (χ1n) is 9.26. The van der Waals surface area contributed by atoms with Crippen molar-refractivity contribution in [2.24, 2.45) is 0 Å². The van der Waals surface area contributed by atoms with Crippen LogP contribution >= 0.6 is 0 Å². The number of hydrogen-bond acceptors (Lipinski definition) is 4. The van der Waals surface area contributed by atoms with Gasteiger partial charge < -0.3 is 9.42 Å². The van der Waals surface area contributed by atoms with Crippen molar-refractivity contribution < 1.29 is 17.7 Å². The molecule has 1 aromatic heterocycles. The van der Waals surface area contributed by atoms with Crippen molar-refractivity contribution in [2.45, 2.75) is 24.9 Å². The first-order valence-corrected chi connectivity index (χ1v) is 9.26. The number of alkyl halides is 3. The maximum atomic E-state index is 12.9. The monoisotopic (exact) mass is 387 g/mol. The van der Waals surface area contributed by atoms with Gasteiger partial charge in [-0.05, 0) is 37.1 Å². The highest BCUT2D eigenvalue weighted by atomic mass is 19.4. The SMILES string of the molecule is FC(F)(F)c1cccc(-c2noc(C3CCN(CCc4ccccc4)C3)n2)c1. The van der Waals surface area contributed by atoms with E-state index in [1.54, 1.807) is 6.07 Å². The summed E-state index contributed by atoms with van der Waals surface area (Å²) in [6.07, 6.45) is -2.51. The third-order valence-electron chi connectivity index (χ3n) is 5.07. The number of likely N-dealkylation sites (tertiary alicyclic amines) is 1.